The number of rotatable bonds is 7. The maximum atomic E-state index is 13.4. The van der Waals surface area contributed by atoms with Crippen LogP contribution in [0.4, 0.5) is 10.1 Å². The first-order valence-corrected chi connectivity index (χ1v) is 14.9. The van der Waals surface area contributed by atoms with Crippen molar-refractivity contribution < 1.29 is 23.1 Å². The van der Waals surface area contributed by atoms with Crippen LogP contribution in [0.5, 0.6) is 0 Å². The number of aliphatic carboxylic acids is 1. The molecule has 1 aromatic heterocycles. The fraction of sp³-hybridized carbons (Fsp3) is 0.258. The van der Waals surface area contributed by atoms with Crippen LogP contribution in [0.15, 0.2) is 76.3 Å². The van der Waals surface area contributed by atoms with Crippen LogP contribution in [-0.4, -0.2) is 71.0 Å². The molecule has 5 rings (SSSR count). The Labute approximate surface area is 254 Å². The third kappa shape index (κ3) is 6.48. The van der Waals surface area contributed by atoms with Crippen LogP contribution < -0.4 is 16.1 Å². The van der Waals surface area contributed by atoms with E-state index in [9.17, 15) is 32.6 Å². The first-order valence-electron chi connectivity index (χ1n) is 13.8. The van der Waals surface area contributed by atoms with E-state index in [0.29, 0.717) is 37.3 Å². The van der Waals surface area contributed by atoms with Gasteiger partial charge in [-0.3, -0.25) is 14.1 Å². The summed E-state index contributed by atoms with van der Waals surface area (Å²) in [5.41, 5.74) is 1.68. The summed E-state index contributed by atoms with van der Waals surface area (Å²) < 4.78 is 37.2. The number of hydrazine groups is 1. The number of aromatic amines is 1. The molecule has 0 spiro atoms. The normalized spacial score (nSPS) is 15.3. The molecule has 0 radical (unpaired) electrons. The molecule has 228 valence electrons. The Morgan fingerprint density at radius 1 is 0.932 bits per heavy atom. The maximum Gasteiger partial charge on any atom is 0.333 e. The van der Waals surface area contributed by atoms with Crippen molar-refractivity contribution in [1.82, 2.24) is 19.0 Å². The monoisotopic (exact) mass is 619 g/mol. The van der Waals surface area contributed by atoms with E-state index < -0.39 is 40.3 Å². The van der Waals surface area contributed by atoms with Gasteiger partial charge in [0.15, 0.2) is 0 Å². The van der Waals surface area contributed by atoms with Crippen molar-refractivity contribution in [2.24, 2.45) is 5.92 Å². The van der Waals surface area contributed by atoms with E-state index in [1.165, 1.54) is 24.3 Å². The van der Waals surface area contributed by atoms with Gasteiger partial charge in [-0.2, -0.15) is 0 Å². The third-order valence-electron chi connectivity index (χ3n) is 7.38. The van der Waals surface area contributed by atoms with E-state index in [4.69, 9.17) is 0 Å². The molecule has 2 heterocycles. The van der Waals surface area contributed by atoms with Gasteiger partial charge in [0.05, 0.1) is 16.6 Å². The van der Waals surface area contributed by atoms with Crippen molar-refractivity contribution in [3.63, 3.8) is 0 Å². The lowest BCUT2D eigenvalue weighted by Crippen LogP contribution is -2.60. The minimum absolute atomic E-state index is 0.248. The SMILES string of the molecule is CC(C)C(C(=O)O)N(N1CCN(c2ccc(C#Cc3ccc4[nH]c(=O)n(-c5ccc(F)cc5)c(=O)c4c3)cc2)CC1)S(=O)O. The summed E-state index contributed by atoms with van der Waals surface area (Å²) in [7, 11) is 0. The van der Waals surface area contributed by atoms with Crippen molar-refractivity contribution in [3.8, 4) is 17.5 Å². The number of anilines is 1. The molecular weight excluding hydrogens is 589 g/mol. The Bertz CT molecular complexity index is 1890. The molecular formula is C31H30FN5O6S. The highest BCUT2D eigenvalue weighted by molar-refractivity contribution is 7.76. The number of halogens is 1. The second-order valence-electron chi connectivity index (χ2n) is 10.6. The lowest BCUT2D eigenvalue weighted by atomic mass is 10.1. The molecule has 3 aromatic carbocycles. The number of hydrogen-bond donors (Lipinski definition) is 3. The van der Waals surface area contributed by atoms with Crippen LogP contribution in [0, 0.1) is 23.6 Å². The topological polar surface area (TPSA) is 139 Å². The second-order valence-corrected chi connectivity index (χ2v) is 11.4. The van der Waals surface area contributed by atoms with Gasteiger partial charge in [-0.1, -0.05) is 25.7 Å². The van der Waals surface area contributed by atoms with Gasteiger partial charge in [0.1, 0.15) is 11.9 Å². The van der Waals surface area contributed by atoms with E-state index in [0.717, 1.165) is 20.2 Å². The molecule has 1 aliphatic rings. The van der Waals surface area contributed by atoms with Crippen LogP contribution in [0.3, 0.4) is 0 Å². The predicted octanol–water partition coefficient (Wildman–Crippen LogP) is 2.80. The van der Waals surface area contributed by atoms with E-state index in [2.05, 4.69) is 21.7 Å². The number of fused-ring (bicyclic) bond motifs is 1. The standard InChI is InChI=1S/C31H30FN5O6S/c1-20(2)28(30(39)40)37(44(42)43)35-17-15-34(16-18-35)24-10-5-21(6-11-24)3-4-22-7-14-27-26(19-22)29(38)36(31(41)33-27)25-12-8-23(32)9-13-25/h5-14,19-20,28H,15-18H2,1-2H3,(H,33,41)(H,39,40)(H,42,43). The van der Waals surface area contributed by atoms with Gasteiger partial charge in [-0.05, 0) is 72.6 Å². The van der Waals surface area contributed by atoms with Crippen molar-refractivity contribution in [3.05, 3.63) is 105 Å². The number of nitrogens with zero attached hydrogens (tertiary/aromatic N) is 4. The number of H-pyrrole nitrogens is 1. The highest BCUT2D eigenvalue weighted by Crippen LogP contribution is 2.22. The fourth-order valence-corrected chi connectivity index (χ4v) is 6.06. The van der Waals surface area contributed by atoms with Crippen LogP contribution in [0.1, 0.15) is 25.0 Å². The molecule has 4 aromatic rings. The van der Waals surface area contributed by atoms with Crippen molar-refractivity contribution in [1.29, 1.82) is 0 Å². The third-order valence-corrected chi connectivity index (χ3v) is 8.16. The van der Waals surface area contributed by atoms with E-state index in [1.807, 2.05) is 24.3 Å². The number of hydrogen-bond acceptors (Lipinski definition) is 6. The highest BCUT2D eigenvalue weighted by Gasteiger charge is 2.38. The quantitative estimate of drug-likeness (QED) is 0.212. The molecule has 0 bridgehead atoms. The summed E-state index contributed by atoms with van der Waals surface area (Å²) >= 11 is -2.47. The Hall–Kier alpha value is -4.61. The Morgan fingerprint density at radius 2 is 1.52 bits per heavy atom. The molecule has 1 aliphatic heterocycles. The fourth-order valence-electron chi connectivity index (χ4n) is 5.17. The predicted molar refractivity (Wildman–Crippen MR) is 165 cm³/mol. The molecule has 0 amide bonds. The van der Waals surface area contributed by atoms with Gasteiger partial charge in [0, 0.05) is 43.0 Å². The minimum atomic E-state index is -2.47. The zero-order valence-corrected chi connectivity index (χ0v) is 24.8. The zero-order valence-electron chi connectivity index (χ0n) is 23.9. The Kier molecular flexibility index (Phi) is 9.07. The minimum Gasteiger partial charge on any atom is -0.480 e. The summed E-state index contributed by atoms with van der Waals surface area (Å²) in [6.45, 7) is 5.21. The van der Waals surface area contributed by atoms with Crippen LogP contribution in [-0.2, 0) is 16.1 Å². The average Bonchev–Trinajstić information content (AvgIpc) is 2.99. The van der Waals surface area contributed by atoms with Gasteiger partial charge in [0.25, 0.3) is 5.56 Å². The molecule has 1 saturated heterocycles. The molecule has 3 N–H and O–H groups in total. The van der Waals surface area contributed by atoms with Crippen LogP contribution >= 0.6 is 0 Å². The summed E-state index contributed by atoms with van der Waals surface area (Å²) in [6.07, 6.45) is 0. The van der Waals surface area contributed by atoms with Crippen molar-refractivity contribution >= 4 is 33.8 Å². The summed E-state index contributed by atoms with van der Waals surface area (Å²) in [4.78, 5) is 42.3. The number of carboxylic acid groups (broad SMARTS) is 1. The summed E-state index contributed by atoms with van der Waals surface area (Å²) in [5.74, 6) is 4.14. The first-order chi connectivity index (χ1) is 21.0. The molecule has 0 saturated carbocycles. The largest absolute Gasteiger partial charge is 0.480 e. The number of carbonyl (C=O) groups is 1. The van der Waals surface area contributed by atoms with E-state index in [1.54, 1.807) is 37.1 Å². The van der Waals surface area contributed by atoms with Gasteiger partial charge in [-0.25, -0.2) is 23.0 Å². The number of aromatic nitrogens is 2. The van der Waals surface area contributed by atoms with Gasteiger partial charge in [-0.15, -0.1) is 4.41 Å². The second kappa shape index (κ2) is 12.9. The van der Waals surface area contributed by atoms with Gasteiger partial charge < -0.3 is 15.0 Å². The molecule has 11 nitrogen and oxygen atoms in total. The van der Waals surface area contributed by atoms with Crippen molar-refractivity contribution in [2.75, 3.05) is 31.1 Å². The zero-order chi connectivity index (χ0) is 31.5. The lowest BCUT2D eigenvalue weighted by molar-refractivity contribution is -0.148. The summed E-state index contributed by atoms with van der Waals surface area (Å²) in [6, 6.07) is 16.4. The van der Waals surface area contributed by atoms with Gasteiger partial charge in [0.2, 0.25) is 11.3 Å². The molecule has 2 atom stereocenters. The number of nitrogens with one attached hydrogen (secondary N) is 1. The van der Waals surface area contributed by atoms with Crippen LogP contribution in [0.2, 0.25) is 0 Å². The number of benzene rings is 3. The molecule has 1 fully saturated rings. The first kappa shape index (κ1) is 30.8. The number of carboxylic acids is 1. The summed E-state index contributed by atoms with van der Waals surface area (Å²) in [5, 5.41) is 11.5. The van der Waals surface area contributed by atoms with Crippen LogP contribution in [0.25, 0.3) is 16.6 Å². The van der Waals surface area contributed by atoms with E-state index >= 15 is 0 Å². The average molecular weight is 620 g/mol. The van der Waals surface area contributed by atoms with Gasteiger partial charge >= 0.3 is 11.7 Å². The molecule has 0 aliphatic carbocycles. The van der Waals surface area contributed by atoms with Crippen molar-refractivity contribution in [2.45, 2.75) is 19.9 Å². The Balaban J connectivity index is 1.30. The lowest BCUT2D eigenvalue weighted by Gasteiger charge is -2.42. The molecule has 2 unspecified atom stereocenters. The highest BCUT2D eigenvalue weighted by atomic mass is 32.2. The smallest absolute Gasteiger partial charge is 0.333 e. The maximum absolute atomic E-state index is 13.4. The van der Waals surface area contributed by atoms with E-state index in [-0.39, 0.29) is 17.0 Å². The molecule has 44 heavy (non-hydrogen) atoms. The molecule has 13 heteroatoms. The number of piperazine rings is 1. The Morgan fingerprint density at radius 3 is 2.11 bits per heavy atom.